The lowest BCUT2D eigenvalue weighted by molar-refractivity contribution is -0.440. The molecule has 1 heterocycles. The molecule has 1 aromatic carbocycles. The van der Waals surface area contributed by atoms with E-state index in [0.29, 0.717) is 5.56 Å². The number of hydrogen-bond donors (Lipinski definition) is 0. The van der Waals surface area contributed by atoms with Gasteiger partial charge in [-0.1, -0.05) is 65.2 Å². The number of ether oxygens (including phenoxy) is 1. The van der Waals surface area contributed by atoms with Crippen molar-refractivity contribution < 1.29 is 14.6 Å². The van der Waals surface area contributed by atoms with Crippen molar-refractivity contribution in [3.05, 3.63) is 46.0 Å². The van der Waals surface area contributed by atoms with Crippen molar-refractivity contribution in [1.29, 1.82) is 0 Å². The van der Waals surface area contributed by atoms with E-state index in [9.17, 15) is 9.90 Å². The van der Waals surface area contributed by atoms with Crippen LogP contribution < -0.4 is 5.11 Å². The first-order valence-electron chi connectivity index (χ1n) is 4.58. The summed E-state index contributed by atoms with van der Waals surface area (Å²) >= 11 is 11.3. The molecule has 1 aliphatic heterocycles. The number of carbonyl (C=O) groups is 1. The first-order chi connectivity index (χ1) is 7.61. The molecule has 0 aliphatic carbocycles. The number of hydrogen-bond acceptors (Lipinski definition) is 3. The molecule has 16 heavy (non-hydrogen) atoms. The highest BCUT2D eigenvalue weighted by Crippen LogP contribution is 2.34. The molecule has 0 fully saturated rings. The Morgan fingerprint density at radius 3 is 2.38 bits per heavy atom. The molecule has 3 nitrogen and oxygen atoms in total. The third-order valence-corrected chi connectivity index (χ3v) is 3.13. The van der Waals surface area contributed by atoms with Crippen LogP contribution in [0.25, 0.3) is 0 Å². The van der Waals surface area contributed by atoms with Gasteiger partial charge < -0.3 is 9.84 Å². The molecular formula is C11H7Cl2O3-. The molecule has 84 valence electrons. The Kier molecular flexibility index (Phi) is 3.19. The van der Waals surface area contributed by atoms with Gasteiger partial charge in [0.25, 0.3) is 0 Å². The van der Waals surface area contributed by atoms with Crippen molar-refractivity contribution in [1.82, 2.24) is 0 Å². The van der Waals surface area contributed by atoms with Crippen LogP contribution in [0.5, 0.6) is 0 Å². The van der Waals surface area contributed by atoms with E-state index in [-0.39, 0.29) is 10.1 Å². The zero-order valence-electron chi connectivity index (χ0n) is 8.02. The molecule has 1 aliphatic rings. The third-order valence-electron chi connectivity index (χ3n) is 2.28. The molecule has 0 amide bonds. The average Bonchev–Trinajstić information content (AvgIpc) is 2.57. The maximum absolute atomic E-state index is 12.0. The largest absolute Gasteiger partial charge is 0.846 e. The van der Waals surface area contributed by atoms with Gasteiger partial charge in [0, 0.05) is 0 Å². The van der Waals surface area contributed by atoms with E-state index < -0.39 is 18.2 Å². The number of benzene rings is 1. The summed E-state index contributed by atoms with van der Waals surface area (Å²) in [6.45, 7) is 0. The average molecular weight is 258 g/mol. The van der Waals surface area contributed by atoms with E-state index in [1.54, 1.807) is 30.3 Å². The molecule has 2 rings (SSSR count). The van der Waals surface area contributed by atoms with E-state index in [1.807, 2.05) is 0 Å². The van der Waals surface area contributed by atoms with Crippen LogP contribution in [-0.2, 0) is 9.53 Å². The van der Waals surface area contributed by atoms with Gasteiger partial charge in [-0.15, -0.1) is 0 Å². The van der Waals surface area contributed by atoms with Gasteiger partial charge in [-0.05, 0) is 0 Å². The highest BCUT2D eigenvalue weighted by atomic mass is 35.5. The van der Waals surface area contributed by atoms with E-state index in [0.717, 1.165) is 0 Å². The van der Waals surface area contributed by atoms with Gasteiger partial charge in [-0.25, -0.2) is 4.79 Å². The smallest absolute Gasteiger partial charge is 0.351 e. The minimum Gasteiger partial charge on any atom is -0.846 e. The van der Waals surface area contributed by atoms with Crippen LogP contribution >= 0.6 is 23.2 Å². The lowest BCUT2D eigenvalue weighted by Gasteiger charge is -2.28. The Labute approximate surface area is 102 Å². The van der Waals surface area contributed by atoms with Gasteiger partial charge in [0.1, 0.15) is 11.1 Å². The maximum Gasteiger partial charge on any atom is 0.351 e. The standard InChI is InChI=1S/C11H7Cl2O3/c12-7-8(13)11(15)16-10(7)9(14)6-4-2-1-3-5-6/h1-5,9-10H/q-1. The molecule has 0 N–H and O–H groups in total. The Bertz CT molecular complexity index is 442. The van der Waals surface area contributed by atoms with Crippen molar-refractivity contribution in [3.63, 3.8) is 0 Å². The number of rotatable bonds is 2. The van der Waals surface area contributed by atoms with Crippen LogP contribution in [0.3, 0.4) is 0 Å². The molecule has 2 unspecified atom stereocenters. The highest BCUT2D eigenvalue weighted by Gasteiger charge is 2.33. The van der Waals surface area contributed by atoms with Gasteiger partial charge >= 0.3 is 5.97 Å². The predicted molar refractivity (Wildman–Crippen MR) is 57.8 cm³/mol. The van der Waals surface area contributed by atoms with Crippen molar-refractivity contribution in [2.75, 3.05) is 0 Å². The number of carbonyl (C=O) groups excluding carboxylic acids is 1. The third kappa shape index (κ3) is 1.94. The fourth-order valence-electron chi connectivity index (χ4n) is 1.45. The van der Waals surface area contributed by atoms with E-state index in [1.165, 1.54) is 0 Å². The summed E-state index contributed by atoms with van der Waals surface area (Å²) in [5, 5.41) is 11.8. The normalized spacial score (nSPS) is 22.2. The SMILES string of the molecule is O=C1OC(C([O-])c2ccccc2)C(Cl)=C1Cl. The molecule has 0 saturated heterocycles. The van der Waals surface area contributed by atoms with E-state index in [4.69, 9.17) is 27.9 Å². The summed E-state index contributed by atoms with van der Waals surface area (Å²) in [7, 11) is 0. The Morgan fingerprint density at radius 2 is 1.88 bits per heavy atom. The Balaban J connectivity index is 2.25. The molecular weight excluding hydrogens is 251 g/mol. The molecule has 0 spiro atoms. The van der Waals surface area contributed by atoms with Gasteiger partial charge in [-0.2, -0.15) is 0 Å². The lowest BCUT2D eigenvalue weighted by Crippen LogP contribution is -2.30. The first kappa shape index (κ1) is 11.5. The molecule has 5 heteroatoms. The van der Waals surface area contributed by atoms with Gasteiger partial charge in [-0.3, -0.25) is 0 Å². The van der Waals surface area contributed by atoms with Gasteiger partial charge in [0.05, 0.1) is 5.03 Å². The molecule has 2 atom stereocenters. The number of halogens is 2. The monoisotopic (exact) mass is 257 g/mol. The molecule has 0 bridgehead atoms. The van der Waals surface area contributed by atoms with Crippen LogP contribution in [0.1, 0.15) is 11.7 Å². The fourth-order valence-corrected chi connectivity index (χ4v) is 1.84. The maximum atomic E-state index is 12.0. The van der Waals surface area contributed by atoms with Gasteiger partial charge in [0.2, 0.25) is 0 Å². The van der Waals surface area contributed by atoms with E-state index >= 15 is 0 Å². The zero-order chi connectivity index (χ0) is 11.7. The predicted octanol–water partition coefficient (Wildman–Crippen LogP) is 1.70. The second-order valence-corrected chi connectivity index (χ2v) is 4.10. The summed E-state index contributed by atoms with van der Waals surface area (Å²) in [5.41, 5.74) is 0.504. The second kappa shape index (κ2) is 4.45. The fraction of sp³-hybridized carbons (Fsp3) is 0.182. The summed E-state index contributed by atoms with van der Waals surface area (Å²) in [6, 6.07) is 8.57. The van der Waals surface area contributed by atoms with E-state index in [2.05, 4.69) is 0 Å². The zero-order valence-corrected chi connectivity index (χ0v) is 9.53. The Hall–Kier alpha value is -1.03. The summed E-state index contributed by atoms with van der Waals surface area (Å²) in [6.07, 6.45) is -2.28. The van der Waals surface area contributed by atoms with Crippen molar-refractivity contribution in [2.45, 2.75) is 12.2 Å². The highest BCUT2D eigenvalue weighted by molar-refractivity contribution is 6.48. The first-order valence-corrected chi connectivity index (χ1v) is 5.33. The van der Waals surface area contributed by atoms with Crippen molar-refractivity contribution in [3.8, 4) is 0 Å². The van der Waals surface area contributed by atoms with Crippen molar-refractivity contribution >= 4 is 29.2 Å². The second-order valence-electron chi connectivity index (χ2n) is 3.32. The Morgan fingerprint density at radius 1 is 1.25 bits per heavy atom. The van der Waals surface area contributed by atoms with Crippen LogP contribution in [0.4, 0.5) is 0 Å². The summed E-state index contributed by atoms with van der Waals surface area (Å²) in [5.74, 6) is -0.742. The van der Waals surface area contributed by atoms with Crippen LogP contribution in [-0.4, -0.2) is 12.1 Å². The topological polar surface area (TPSA) is 49.4 Å². The minimum atomic E-state index is -1.26. The number of cyclic esters (lactones) is 1. The van der Waals surface area contributed by atoms with Gasteiger partial charge in [0.15, 0.2) is 0 Å². The quantitative estimate of drug-likeness (QED) is 0.758. The van der Waals surface area contributed by atoms with Crippen LogP contribution in [0.15, 0.2) is 40.4 Å². The van der Waals surface area contributed by atoms with Crippen molar-refractivity contribution in [2.24, 2.45) is 0 Å². The lowest BCUT2D eigenvalue weighted by atomic mass is 10.0. The molecule has 1 aromatic rings. The molecule has 0 saturated carbocycles. The summed E-state index contributed by atoms with van der Waals surface area (Å²) in [4.78, 5) is 11.1. The summed E-state index contributed by atoms with van der Waals surface area (Å²) < 4.78 is 4.81. The minimum absolute atomic E-state index is 0.0180. The van der Waals surface area contributed by atoms with Crippen LogP contribution in [0.2, 0.25) is 0 Å². The molecule has 0 radical (unpaired) electrons. The number of esters is 1. The van der Waals surface area contributed by atoms with Crippen LogP contribution in [0, 0.1) is 0 Å². The molecule has 0 aromatic heterocycles.